The fourth-order valence-electron chi connectivity index (χ4n) is 0.822. The van der Waals surface area contributed by atoms with Gasteiger partial charge in [0.05, 0.1) is 6.57 Å². The van der Waals surface area contributed by atoms with Gasteiger partial charge in [0.25, 0.3) is 0 Å². The second kappa shape index (κ2) is 3.16. The van der Waals surface area contributed by atoms with Crippen molar-refractivity contribution >= 4 is 5.69 Å². The van der Waals surface area contributed by atoms with Crippen LogP contribution in [0.5, 0.6) is 0 Å². The zero-order valence-electron chi connectivity index (χ0n) is 6.70. The van der Waals surface area contributed by atoms with E-state index in [1.807, 2.05) is 6.07 Å². The van der Waals surface area contributed by atoms with Crippen molar-refractivity contribution < 1.29 is 0 Å². The normalized spacial score (nSPS) is 9.64. The summed E-state index contributed by atoms with van der Waals surface area (Å²) in [4.78, 5) is 7.26. The number of hydrogen-bond acceptors (Lipinski definition) is 1. The number of pyridine rings is 1. The lowest BCUT2D eigenvalue weighted by molar-refractivity contribution is 0.859. The molecule has 1 heterocycles. The Labute approximate surface area is 66.7 Å². The van der Waals surface area contributed by atoms with E-state index >= 15 is 0 Å². The summed E-state index contributed by atoms with van der Waals surface area (Å²) < 4.78 is 0. The van der Waals surface area contributed by atoms with Gasteiger partial charge in [-0.2, -0.15) is 0 Å². The largest absolute Gasteiger partial charge is 0.276 e. The third-order valence-corrected chi connectivity index (χ3v) is 1.54. The summed E-state index contributed by atoms with van der Waals surface area (Å²) in [6.07, 6.45) is 3.39. The zero-order chi connectivity index (χ0) is 8.27. The molecule has 0 aliphatic carbocycles. The van der Waals surface area contributed by atoms with Gasteiger partial charge in [-0.05, 0) is 17.5 Å². The first-order valence-electron chi connectivity index (χ1n) is 3.56. The van der Waals surface area contributed by atoms with Crippen LogP contribution >= 0.6 is 0 Å². The Morgan fingerprint density at radius 2 is 2.18 bits per heavy atom. The fourth-order valence-corrected chi connectivity index (χ4v) is 0.822. The molecule has 0 spiro atoms. The molecule has 0 aliphatic rings. The molecule has 0 atom stereocenters. The van der Waals surface area contributed by atoms with Gasteiger partial charge in [0.1, 0.15) is 0 Å². The molecule has 0 aromatic carbocycles. The molecule has 0 saturated carbocycles. The predicted molar refractivity (Wildman–Crippen MR) is 44.6 cm³/mol. The van der Waals surface area contributed by atoms with Crippen LogP contribution in [0.4, 0.5) is 5.69 Å². The number of hydrogen-bond donors (Lipinski definition) is 0. The number of nitrogens with zero attached hydrogens (tertiary/aromatic N) is 2. The summed E-state index contributed by atoms with van der Waals surface area (Å²) in [5.74, 6) is 0.448. The van der Waals surface area contributed by atoms with Crippen LogP contribution < -0.4 is 0 Å². The van der Waals surface area contributed by atoms with E-state index in [9.17, 15) is 0 Å². The molecule has 0 N–H and O–H groups in total. The van der Waals surface area contributed by atoms with E-state index in [0.717, 1.165) is 5.56 Å². The maximum absolute atomic E-state index is 6.77. The molecular formula is C9H10N2. The Morgan fingerprint density at radius 1 is 1.45 bits per heavy atom. The Balaban J connectivity index is 3.03. The summed E-state index contributed by atoms with van der Waals surface area (Å²) in [6.45, 7) is 10.9. The van der Waals surface area contributed by atoms with E-state index in [0.29, 0.717) is 11.6 Å². The van der Waals surface area contributed by atoms with Gasteiger partial charge >= 0.3 is 0 Å². The molecule has 2 nitrogen and oxygen atoms in total. The van der Waals surface area contributed by atoms with Crippen LogP contribution in [0.2, 0.25) is 0 Å². The summed E-state index contributed by atoms with van der Waals surface area (Å²) in [7, 11) is 0. The van der Waals surface area contributed by atoms with Gasteiger partial charge < -0.3 is 0 Å². The highest BCUT2D eigenvalue weighted by molar-refractivity contribution is 5.44. The lowest BCUT2D eigenvalue weighted by atomic mass is 10.1. The van der Waals surface area contributed by atoms with Crippen molar-refractivity contribution in [2.24, 2.45) is 0 Å². The Bertz CT molecular complexity index is 284. The Morgan fingerprint density at radius 3 is 2.73 bits per heavy atom. The van der Waals surface area contributed by atoms with E-state index in [4.69, 9.17) is 6.57 Å². The van der Waals surface area contributed by atoms with E-state index in [1.165, 1.54) is 0 Å². The molecule has 1 rings (SSSR count). The minimum atomic E-state index is 0.448. The van der Waals surface area contributed by atoms with Crippen molar-refractivity contribution in [1.82, 2.24) is 4.98 Å². The number of aromatic nitrogens is 1. The lowest BCUT2D eigenvalue weighted by Gasteiger charge is -2.02. The molecule has 0 amide bonds. The first-order valence-corrected chi connectivity index (χ1v) is 3.56. The van der Waals surface area contributed by atoms with Crippen LogP contribution in [0.1, 0.15) is 25.3 Å². The SMILES string of the molecule is [C-]#[N+]c1cncc(C(C)C)c1. The van der Waals surface area contributed by atoms with Gasteiger partial charge in [-0.1, -0.05) is 13.8 Å². The van der Waals surface area contributed by atoms with Gasteiger partial charge in [0.2, 0.25) is 5.69 Å². The molecule has 2 heteroatoms. The smallest absolute Gasteiger partial charge is 0.205 e. The molecule has 11 heavy (non-hydrogen) atoms. The summed E-state index contributed by atoms with van der Waals surface area (Å²) in [5, 5.41) is 0. The summed E-state index contributed by atoms with van der Waals surface area (Å²) >= 11 is 0. The molecule has 0 aliphatic heterocycles. The van der Waals surface area contributed by atoms with E-state index in [1.54, 1.807) is 12.4 Å². The molecule has 0 bridgehead atoms. The van der Waals surface area contributed by atoms with Gasteiger partial charge in [0, 0.05) is 12.4 Å². The highest BCUT2D eigenvalue weighted by Crippen LogP contribution is 2.18. The van der Waals surface area contributed by atoms with E-state index < -0.39 is 0 Å². The van der Waals surface area contributed by atoms with Crippen molar-refractivity contribution in [2.45, 2.75) is 19.8 Å². The lowest BCUT2D eigenvalue weighted by Crippen LogP contribution is -1.86. The van der Waals surface area contributed by atoms with Crippen LogP contribution in [0, 0.1) is 6.57 Å². The van der Waals surface area contributed by atoms with Gasteiger partial charge in [-0.25, -0.2) is 4.85 Å². The molecule has 0 radical (unpaired) electrons. The van der Waals surface area contributed by atoms with Crippen molar-refractivity contribution in [3.05, 3.63) is 35.4 Å². The molecule has 0 saturated heterocycles. The first kappa shape index (κ1) is 7.74. The van der Waals surface area contributed by atoms with Crippen molar-refractivity contribution in [1.29, 1.82) is 0 Å². The second-order valence-electron chi connectivity index (χ2n) is 2.74. The van der Waals surface area contributed by atoms with Crippen molar-refractivity contribution in [3.63, 3.8) is 0 Å². The molecular weight excluding hydrogens is 136 g/mol. The maximum Gasteiger partial charge on any atom is 0.205 e. The zero-order valence-corrected chi connectivity index (χ0v) is 6.70. The highest BCUT2D eigenvalue weighted by atomic mass is 14.7. The second-order valence-corrected chi connectivity index (χ2v) is 2.74. The van der Waals surface area contributed by atoms with Gasteiger partial charge in [-0.3, -0.25) is 4.98 Å². The Kier molecular flexibility index (Phi) is 2.22. The molecule has 0 unspecified atom stereocenters. The van der Waals surface area contributed by atoms with E-state index in [-0.39, 0.29) is 0 Å². The maximum atomic E-state index is 6.77. The minimum Gasteiger partial charge on any atom is -0.276 e. The quantitative estimate of drug-likeness (QED) is 0.557. The van der Waals surface area contributed by atoms with Crippen molar-refractivity contribution in [2.75, 3.05) is 0 Å². The fraction of sp³-hybridized carbons (Fsp3) is 0.333. The Hall–Kier alpha value is -1.36. The topological polar surface area (TPSA) is 17.2 Å². The third kappa shape index (κ3) is 1.78. The van der Waals surface area contributed by atoms with Crippen LogP contribution in [0.3, 0.4) is 0 Å². The standard InChI is InChI=1S/C9H10N2/c1-7(2)8-4-9(10-3)6-11-5-8/h4-7H,1-2H3. The summed E-state index contributed by atoms with van der Waals surface area (Å²) in [6, 6.07) is 1.88. The highest BCUT2D eigenvalue weighted by Gasteiger charge is 1.99. The van der Waals surface area contributed by atoms with Gasteiger partial charge in [0.15, 0.2) is 0 Å². The average molecular weight is 146 g/mol. The van der Waals surface area contributed by atoms with Crippen LogP contribution in [0.25, 0.3) is 4.85 Å². The molecule has 1 aromatic heterocycles. The van der Waals surface area contributed by atoms with E-state index in [2.05, 4.69) is 23.7 Å². The first-order chi connectivity index (χ1) is 5.24. The minimum absolute atomic E-state index is 0.448. The predicted octanol–water partition coefficient (Wildman–Crippen LogP) is 2.76. The summed E-state index contributed by atoms with van der Waals surface area (Å²) in [5.41, 5.74) is 1.75. The third-order valence-electron chi connectivity index (χ3n) is 1.54. The molecule has 0 fully saturated rings. The van der Waals surface area contributed by atoms with Gasteiger partial charge in [-0.15, -0.1) is 0 Å². The monoisotopic (exact) mass is 146 g/mol. The number of rotatable bonds is 1. The molecule has 1 aromatic rings. The van der Waals surface area contributed by atoms with Crippen molar-refractivity contribution in [3.8, 4) is 0 Å². The molecule has 56 valence electrons. The van der Waals surface area contributed by atoms with Crippen LogP contribution in [-0.4, -0.2) is 4.98 Å². The average Bonchev–Trinajstić information content (AvgIpc) is 2.05. The van der Waals surface area contributed by atoms with Crippen LogP contribution in [0.15, 0.2) is 18.5 Å². The van der Waals surface area contributed by atoms with Crippen LogP contribution in [-0.2, 0) is 0 Å².